The van der Waals surface area contributed by atoms with Crippen LogP contribution in [0, 0.1) is 0 Å². The summed E-state index contributed by atoms with van der Waals surface area (Å²) >= 11 is 1.79. The maximum Gasteiger partial charge on any atom is 0.0944 e. The third kappa shape index (κ3) is 1.50. The molecule has 12 heavy (non-hydrogen) atoms. The number of nitrogens with zero attached hydrogens (tertiary/aromatic N) is 1. The highest BCUT2D eigenvalue weighted by molar-refractivity contribution is 7.11. The van der Waals surface area contributed by atoms with Gasteiger partial charge in [-0.15, -0.1) is 11.3 Å². The molecule has 2 heterocycles. The molecule has 0 bridgehead atoms. The van der Waals surface area contributed by atoms with Crippen LogP contribution in [-0.4, -0.2) is 18.1 Å². The molecule has 3 nitrogen and oxygen atoms in total. The molecule has 1 aromatic heterocycles. The van der Waals surface area contributed by atoms with Gasteiger partial charge in [-0.2, -0.15) is 0 Å². The van der Waals surface area contributed by atoms with Crippen LogP contribution in [0.15, 0.2) is 0 Å². The number of nitrogens with two attached hydrogens (primary N) is 1. The number of rotatable bonds is 2. The van der Waals surface area contributed by atoms with E-state index in [0.29, 0.717) is 13.2 Å². The molecule has 0 aromatic carbocycles. The molecule has 4 heteroatoms. The van der Waals surface area contributed by atoms with Gasteiger partial charge in [0.2, 0.25) is 0 Å². The second-order valence-corrected chi connectivity index (χ2v) is 3.99. The Morgan fingerprint density at radius 3 is 3.25 bits per heavy atom. The minimum Gasteiger partial charge on any atom is -0.375 e. The van der Waals surface area contributed by atoms with E-state index in [1.54, 1.807) is 11.3 Å². The molecule has 66 valence electrons. The Balaban J connectivity index is 2.20. The quantitative estimate of drug-likeness (QED) is 0.736. The molecular formula is C8H12N2OS. The molecule has 1 aliphatic heterocycles. The summed E-state index contributed by atoms with van der Waals surface area (Å²) in [6.07, 6.45) is 1.93. The molecule has 1 aliphatic rings. The van der Waals surface area contributed by atoms with Crippen LogP contribution < -0.4 is 5.73 Å². The van der Waals surface area contributed by atoms with Crippen molar-refractivity contribution >= 4 is 11.3 Å². The second kappa shape index (κ2) is 3.51. The molecule has 0 radical (unpaired) electrons. The molecule has 2 rings (SSSR count). The van der Waals surface area contributed by atoms with Crippen molar-refractivity contribution in [3.63, 3.8) is 0 Å². The van der Waals surface area contributed by atoms with Gasteiger partial charge in [0.1, 0.15) is 0 Å². The standard InChI is InChI=1S/C8H12N2OS/c9-3-1-8-10-6-5-11-4-2-7(6)12-8/h1-5,9H2. The summed E-state index contributed by atoms with van der Waals surface area (Å²) in [7, 11) is 0. The predicted octanol–water partition coefficient (Wildman–Crippen LogP) is 0.717. The van der Waals surface area contributed by atoms with Crippen molar-refractivity contribution in [2.75, 3.05) is 13.2 Å². The summed E-state index contributed by atoms with van der Waals surface area (Å²) in [5, 5.41) is 1.16. The van der Waals surface area contributed by atoms with Gasteiger partial charge < -0.3 is 10.5 Å². The number of ether oxygens (including phenoxy) is 1. The smallest absolute Gasteiger partial charge is 0.0944 e. The zero-order valence-electron chi connectivity index (χ0n) is 6.88. The average molecular weight is 184 g/mol. The first-order chi connectivity index (χ1) is 5.90. The summed E-state index contributed by atoms with van der Waals surface area (Å²) in [6, 6.07) is 0. The SMILES string of the molecule is NCCc1nc2c(s1)CCOC2. The predicted molar refractivity (Wildman–Crippen MR) is 48.2 cm³/mol. The minimum atomic E-state index is 0.688. The monoisotopic (exact) mass is 184 g/mol. The normalized spacial score (nSPS) is 16.1. The number of aromatic nitrogens is 1. The molecule has 0 atom stereocenters. The van der Waals surface area contributed by atoms with E-state index in [2.05, 4.69) is 4.98 Å². The van der Waals surface area contributed by atoms with Crippen LogP contribution in [0.5, 0.6) is 0 Å². The van der Waals surface area contributed by atoms with Crippen LogP contribution in [0.2, 0.25) is 0 Å². The highest BCUT2D eigenvalue weighted by atomic mass is 32.1. The lowest BCUT2D eigenvalue weighted by Crippen LogP contribution is -2.07. The molecule has 0 aliphatic carbocycles. The third-order valence-electron chi connectivity index (χ3n) is 1.89. The molecule has 0 amide bonds. The summed E-state index contributed by atoms with van der Waals surface area (Å²) in [6.45, 7) is 2.22. The van der Waals surface area contributed by atoms with Crippen molar-refractivity contribution in [1.82, 2.24) is 4.98 Å². The second-order valence-electron chi connectivity index (χ2n) is 2.82. The lowest BCUT2D eigenvalue weighted by atomic mass is 10.2. The Morgan fingerprint density at radius 2 is 2.50 bits per heavy atom. The van der Waals surface area contributed by atoms with Crippen molar-refractivity contribution in [1.29, 1.82) is 0 Å². The highest BCUT2D eigenvalue weighted by Gasteiger charge is 2.14. The van der Waals surface area contributed by atoms with E-state index in [1.807, 2.05) is 0 Å². The van der Waals surface area contributed by atoms with E-state index >= 15 is 0 Å². The van der Waals surface area contributed by atoms with Gasteiger partial charge in [-0.05, 0) is 6.54 Å². The van der Waals surface area contributed by atoms with Gasteiger partial charge in [0.15, 0.2) is 0 Å². The summed E-state index contributed by atoms with van der Waals surface area (Å²) in [5.41, 5.74) is 6.59. The van der Waals surface area contributed by atoms with Crippen LogP contribution in [0.25, 0.3) is 0 Å². The number of thiazole rings is 1. The number of hydrogen-bond donors (Lipinski definition) is 1. The topological polar surface area (TPSA) is 48.1 Å². The Bertz CT molecular complexity index is 249. The van der Waals surface area contributed by atoms with E-state index in [4.69, 9.17) is 10.5 Å². The summed E-state index contributed by atoms with van der Waals surface area (Å²) in [4.78, 5) is 5.85. The molecular weight excluding hydrogens is 172 g/mol. The molecule has 1 aromatic rings. The average Bonchev–Trinajstić information content (AvgIpc) is 2.47. The van der Waals surface area contributed by atoms with Crippen LogP contribution in [0.4, 0.5) is 0 Å². The van der Waals surface area contributed by atoms with E-state index < -0.39 is 0 Å². The summed E-state index contributed by atoms with van der Waals surface area (Å²) < 4.78 is 5.30. The van der Waals surface area contributed by atoms with E-state index in [0.717, 1.165) is 30.2 Å². The van der Waals surface area contributed by atoms with Gasteiger partial charge in [-0.3, -0.25) is 0 Å². The van der Waals surface area contributed by atoms with Crippen molar-refractivity contribution in [2.24, 2.45) is 5.73 Å². The van der Waals surface area contributed by atoms with Crippen molar-refractivity contribution < 1.29 is 4.74 Å². The summed E-state index contributed by atoms with van der Waals surface area (Å²) in [5.74, 6) is 0. The zero-order chi connectivity index (χ0) is 8.39. The maximum absolute atomic E-state index is 5.45. The van der Waals surface area contributed by atoms with Crippen molar-refractivity contribution in [3.05, 3.63) is 15.6 Å². The van der Waals surface area contributed by atoms with E-state index in [1.165, 1.54) is 4.88 Å². The molecule has 0 saturated carbocycles. The largest absolute Gasteiger partial charge is 0.375 e. The first-order valence-electron chi connectivity index (χ1n) is 4.15. The minimum absolute atomic E-state index is 0.688. The van der Waals surface area contributed by atoms with E-state index in [-0.39, 0.29) is 0 Å². The number of fused-ring (bicyclic) bond motifs is 1. The third-order valence-corrected chi connectivity index (χ3v) is 3.11. The van der Waals surface area contributed by atoms with Gasteiger partial charge in [0.25, 0.3) is 0 Å². The van der Waals surface area contributed by atoms with Crippen LogP contribution in [0.3, 0.4) is 0 Å². The molecule has 0 saturated heterocycles. The van der Waals surface area contributed by atoms with Crippen LogP contribution in [0.1, 0.15) is 15.6 Å². The lowest BCUT2D eigenvalue weighted by Gasteiger charge is -2.08. The Morgan fingerprint density at radius 1 is 1.58 bits per heavy atom. The Hall–Kier alpha value is -0.450. The molecule has 2 N–H and O–H groups in total. The maximum atomic E-state index is 5.45. The Labute approximate surface area is 75.6 Å². The van der Waals surface area contributed by atoms with E-state index in [9.17, 15) is 0 Å². The highest BCUT2D eigenvalue weighted by Crippen LogP contribution is 2.23. The van der Waals surface area contributed by atoms with Crippen LogP contribution >= 0.6 is 11.3 Å². The first kappa shape index (κ1) is 8.16. The number of hydrogen-bond acceptors (Lipinski definition) is 4. The fourth-order valence-electron chi connectivity index (χ4n) is 1.31. The van der Waals surface area contributed by atoms with Gasteiger partial charge >= 0.3 is 0 Å². The fourth-order valence-corrected chi connectivity index (χ4v) is 2.38. The lowest BCUT2D eigenvalue weighted by molar-refractivity contribution is 0.109. The molecule has 0 fully saturated rings. The zero-order valence-corrected chi connectivity index (χ0v) is 7.69. The van der Waals surface area contributed by atoms with Crippen molar-refractivity contribution in [3.8, 4) is 0 Å². The van der Waals surface area contributed by atoms with Gasteiger partial charge in [0, 0.05) is 17.7 Å². The van der Waals surface area contributed by atoms with Crippen LogP contribution in [-0.2, 0) is 24.2 Å². The fraction of sp³-hybridized carbons (Fsp3) is 0.625. The Kier molecular flexibility index (Phi) is 2.39. The molecule has 0 spiro atoms. The van der Waals surface area contributed by atoms with Gasteiger partial charge in [-0.25, -0.2) is 4.98 Å². The first-order valence-corrected chi connectivity index (χ1v) is 4.97. The molecule has 0 unspecified atom stereocenters. The van der Waals surface area contributed by atoms with Crippen molar-refractivity contribution in [2.45, 2.75) is 19.4 Å². The van der Waals surface area contributed by atoms with Gasteiger partial charge in [-0.1, -0.05) is 0 Å². The van der Waals surface area contributed by atoms with Gasteiger partial charge in [0.05, 0.1) is 23.9 Å².